The molecule has 0 aliphatic carbocycles. The minimum atomic E-state index is -0.748. The molecule has 2 N–H and O–H groups in total. The van der Waals surface area contributed by atoms with Crippen LogP contribution in [0.5, 0.6) is 0 Å². The molecule has 1 amide bonds. The van der Waals surface area contributed by atoms with Crippen LogP contribution in [0.1, 0.15) is 10.6 Å². The van der Waals surface area contributed by atoms with Gasteiger partial charge in [-0.3, -0.25) is 9.69 Å². The fraction of sp³-hybridized carbons (Fsp3) is 0.375. The molecule has 0 radical (unpaired) electrons. The van der Waals surface area contributed by atoms with Crippen molar-refractivity contribution in [1.82, 2.24) is 9.88 Å². The highest BCUT2D eigenvalue weighted by Gasteiger charge is 2.51. The second-order valence-electron chi connectivity index (χ2n) is 5.60. The third-order valence-electron chi connectivity index (χ3n) is 4.00. The summed E-state index contributed by atoms with van der Waals surface area (Å²) >= 11 is 2.96. The van der Waals surface area contributed by atoms with Gasteiger partial charge in [0.25, 0.3) is 0 Å². The minimum Gasteiger partial charge on any atom is -0.466 e. The molecule has 1 saturated heterocycles. The van der Waals surface area contributed by atoms with E-state index >= 15 is 0 Å². The van der Waals surface area contributed by atoms with Crippen LogP contribution in [-0.2, 0) is 23.9 Å². The van der Waals surface area contributed by atoms with Crippen LogP contribution in [-0.4, -0.2) is 58.6 Å². The van der Waals surface area contributed by atoms with Crippen molar-refractivity contribution in [3.63, 3.8) is 0 Å². The van der Waals surface area contributed by atoms with E-state index in [0.29, 0.717) is 11.3 Å². The summed E-state index contributed by atoms with van der Waals surface area (Å²) < 4.78 is 9.47. The van der Waals surface area contributed by atoms with E-state index in [2.05, 4.69) is 9.72 Å². The van der Waals surface area contributed by atoms with Gasteiger partial charge in [-0.05, 0) is 18.6 Å². The van der Waals surface area contributed by atoms with Gasteiger partial charge in [0.15, 0.2) is 6.61 Å². The Hall–Kier alpha value is -2.17. The van der Waals surface area contributed by atoms with Gasteiger partial charge in [-0.2, -0.15) is 0 Å². The van der Waals surface area contributed by atoms with Gasteiger partial charge in [-0.15, -0.1) is 23.1 Å². The number of amides is 1. The second-order valence-corrected chi connectivity index (χ2v) is 7.59. The second kappa shape index (κ2) is 7.60. The quantitative estimate of drug-likeness (QED) is 0.572. The monoisotopic (exact) mass is 395 g/mol. The van der Waals surface area contributed by atoms with Gasteiger partial charge < -0.3 is 15.2 Å². The first kappa shape index (κ1) is 18.6. The molecule has 1 fully saturated rings. The fourth-order valence-corrected chi connectivity index (χ4v) is 4.52. The topological polar surface area (TPSA) is 112 Å². The number of aryl methyl sites for hydroxylation is 1. The summed E-state index contributed by atoms with van der Waals surface area (Å²) in [5.74, 6) is -1.27. The maximum absolute atomic E-state index is 12.5. The predicted octanol–water partition coefficient (Wildman–Crippen LogP) is 0.677. The smallest absolute Gasteiger partial charge is 0.355 e. The van der Waals surface area contributed by atoms with Crippen molar-refractivity contribution < 1.29 is 23.9 Å². The van der Waals surface area contributed by atoms with Crippen molar-refractivity contribution in [2.24, 2.45) is 5.73 Å². The summed E-state index contributed by atoms with van der Waals surface area (Å²) in [5.41, 5.74) is 9.19. The number of rotatable bonds is 5. The van der Waals surface area contributed by atoms with Gasteiger partial charge in [0.1, 0.15) is 17.1 Å². The van der Waals surface area contributed by atoms with Crippen LogP contribution in [0.25, 0.3) is 6.08 Å². The number of fused-ring (bicyclic) bond motifs is 1. The van der Waals surface area contributed by atoms with E-state index in [1.54, 1.807) is 11.6 Å². The first-order valence-corrected chi connectivity index (χ1v) is 9.62. The molecule has 8 nitrogen and oxygen atoms in total. The van der Waals surface area contributed by atoms with Gasteiger partial charge in [-0.25, -0.2) is 14.6 Å². The molecular weight excluding hydrogens is 378 g/mol. The third kappa shape index (κ3) is 3.39. The lowest BCUT2D eigenvalue weighted by Gasteiger charge is -2.48. The van der Waals surface area contributed by atoms with Crippen LogP contribution in [0.2, 0.25) is 0 Å². The molecule has 3 heterocycles. The lowest BCUT2D eigenvalue weighted by Crippen LogP contribution is -2.68. The summed E-state index contributed by atoms with van der Waals surface area (Å²) in [6.45, 7) is 1.37. The molecule has 3 rings (SSSR count). The molecule has 10 heteroatoms. The molecular formula is C16H17N3O5S2. The average molecular weight is 395 g/mol. The number of nitrogens with zero attached hydrogens (tertiary/aromatic N) is 2. The van der Waals surface area contributed by atoms with Gasteiger partial charge in [-0.1, -0.05) is 6.08 Å². The van der Waals surface area contributed by atoms with Crippen molar-refractivity contribution in [3.05, 3.63) is 33.4 Å². The van der Waals surface area contributed by atoms with Crippen LogP contribution >= 0.6 is 23.1 Å². The van der Waals surface area contributed by atoms with E-state index in [0.717, 1.165) is 10.6 Å². The zero-order valence-corrected chi connectivity index (χ0v) is 15.8. The first-order chi connectivity index (χ1) is 12.4. The van der Waals surface area contributed by atoms with Gasteiger partial charge >= 0.3 is 11.9 Å². The van der Waals surface area contributed by atoms with Crippen LogP contribution in [0.4, 0.5) is 0 Å². The summed E-state index contributed by atoms with van der Waals surface area (Å²) in [7, 11) is 1.20. The number of aromatic nitrogens is 1. The number of ether oxygens (including phenoxy) is 2. The minimum absolute atomic E-state index is 0.128. The summed E-state index contributed by atoms with van der Waals surface area (Å²) in [6.07, 6.45) is 3.62. The number of methoxy groups -OCH3 is 1. The lowest BCUT2D eigenvalue weighted by molar-refractivity contribution is -0.158. The van der Waals surface area contributed by atoms with Gasteiger partial charge in [0.2, 0.25) is 5.91 Å². The third-order valence-corrected chi connectivity index (χ3v) is 6.22. The molecule has 26 heavy (non-hydrogen) atoms. The zero-order valence-electron chi connectivity index (χ0n) is 14.1. The molecule has 0 saturated carbocycles. The first-order valence-electron chi connectivity index (χ1n) is 7.69. The van der Waals surface area contributed by atoms with Gasteiger partial charge in [0.05, 0.1) is 18.3 Å². The Kier molecular flexibility index (Phi) is 5.44. The molecule has 2 atom stereocenters. The maximum atomic E-state index is 12.5. The normalized spacial score (nSPS) is 22.3. The largest absolute Gasteiger partial charge is 0.466 e. The Morgan fingerprint density at radius 3 is 2.88 bits per heavy atom. The highest BCUT2D eigenvalue weighted by molar-refractivity contribution is 8.00. The lowest BCUT2D eigenvalue weighted by atomic mass is 10.0. The molecule has 0 aromatic carbocycles. The number of hydrogen-bond donors (Lipinski definition) is 1. The standard InChI is InChI=1S/C16H17N3O5S2/c1-8-10(26-7-18-8)4-3-9-6-25-15-12(17)14(21)19(15)13(9)16(22)24-5-11(20)23-2/h3-4,7,12,15H,5-6,17H2,1-2H3/b4-3-. The number of β-lactam (4-membered cyclic amide) rings is 1. The summed E-state index contributed by atoms with van der Waals surface area (Å²) in [5, 5.41) is -0.300. The van der Waals surface area contributed by atoms with Crippen molar-refractivity contribution in [2.45, 2.75) is 18.3 Å². The molecule has 1 aromatic heterocycles. The molecule has 2 aliphatic heterocycles. The molecule has 0 spiro atoms. The van der Waals surface area contributed by atoms with Crippen molar-refractivity contribution in [1.29, 1.82) is 0 Å². The molecule has 138 valence electrons. The van der Waals surface area contributed by atoms with Crippen molar-refractivity contribution in [3.8, 4) is 0 Å². The van der Waals surface area contributed by atoms with Crippen LogP contribution in [0, 0.1) is 6.92 Å². The van der Waals surface area contributed by atoms with Gasteiger partial charge in [0, 0.05) is 10.6 Å². The van der Waals surface area contributed by atoms with E-state index in [-0.39, 0.29) is 17.0 Å². The van der Waals surface area contributed by atoms with E-state index in [1.807, 2.05) is 13.0 Å². The predicted molar refractivity (Wildman–Crippen MR) is 97.0 cm³/mol. The number of esters is 2. The molecule has 2 unspecified atom stereocenters. The number of thioether (sulfide) groups is 1. The number of allylic oxidation sites excluding steroid dienone is 1. The summed E-state index contributed by atoms with van der Waals surface area (Å²) in [6, 6.07) is -0.641. The van der Waals surface area contributed by atoms with E-state index in [4.69, 9.17) is 10.5 Å². The Morgan fingerprint density at radius 2 is 2.23 bits per heavy atom. The van der Waals surface area contributed by atoms with Crippen LogP contribution in [0.3, 0.4) is 0 Å². The van der Waals surface area contributed by atoms with E-state index in [1.165, 1.54) is 35.1 Å². The van der Waals surface area contributed by atoms with E-state index < -0.39 is 24.6 Å². The highest BCUT2D eigenvalue weighted by Crippen LogP contribution is 2.40. The Morgan fingerprint density at radius 1 is 1.46 bits per heavy atom. The Balaban J connectivity index is 1.89. The van der Waals surface area contributed by atoms with E-state index in [9.17, 15) is 14.4 Å². The van der Waals surface area contributed by atoms with Crippen LogP contribution in [0.15, 0.2) is 22.9 Å². The van der Waals surface area contributed by atoms with Crippen molar-refractivity contribution in [2.75, 3.05) is 19.5 Å². The molecule has 2 aliphatic rings. The van der Waals surface area contributed by atoms with Crippen molar-refractivity contribution >= 4 is 47.0 Å². The summed E-state index contributed by atoms with van der Waals surface area (Å²) in [4.78, 5) is 42.4. The zero-order chi connectivity index (χ0) is 18.8. The Bertz CT molecular complexity index is 817. The molecule has 1 aromatic rings. The average Bonchev–Trinajstić information content (AvgIpc) is 3.07. The number of hydrogen-bond acceptors (Lipinski definition) is 9. The number of thiazole rings is 1. The Labute approximate surface area is 158 Å². The van der Waals surface area contributed by atoms with Crippen LogP contribution < -0.4 is 5.73 Å². The number of nitrogens with two attached hydrogens (primary N) is 1. The highest BCUT2D eigenvalue weighted by atomic mass is 32.2. The molecule has 0 bridgehead atoms. The maximum Gasteiger partial charge on any atom is 0.355 e. The SMILES string of the molecule is COC(=O)COC(=O)C1=C(/C=C\c2scnc2C)CSC2C(N)C(=O)N12. The number of carbonyl (C=O) groups is 3. The fourth-order valence-electron chi connectivity index (χ4n) is 2.56. The number of carbonyl (C=O) groups excluding carboxylic acids is 3.